The number of amides is 1. The Hall–Kier alpha value is -3.39. The molecule has 1 saturated heterocycles. The molecule has 1 N–H and O–H groups in total. The van der Waals surface area contributed by atoms with Gasteiger partial charge in [0.15, 0.2) is 0 Å². The van der Waals surface area contributed by atoms with Gasteiger partial charge in [0.25, 0.3) is 0 Å². The molecule has 2 aromatic carbocycles. The van der Waals surface area contributed by atoms with Crippen LogP contribution in [-0.2, 0) is 41.8 Å². The highest BCUT2D eigenvalue weighted by Gasteiger charge is 2.35. The number of alkyl carbamates (subject to hydrolysis) is 1. The van der Waals surface area contributed by atoms with Crippen LogP contribution in [0.3, 0.4) is 0 Å². The molecule has 0 aliphatic carbocycles. The maximum atomic E-state index is 12.6. The Kier molecular flexibility index (Phi) is 8.21. The predicted octanol–water partition coefficient (Wildman–Crippen LogP) is 2.99. The first-order valence-electron chi connectivity index (χ1n) is 10.3. The third-order valence-corrected chi connectivity index (χ3v) is 4.87. The van der Waals surface area contributed by atoms with Crippen LogP contribution in [0.1, 0.15) is 24.5 Å². The first-order chi connectivity index (χ1) is 15.4. The molecule has 1 fully saturated rings. The van der Waals surface area contributed by atoms with Crippen LogP contribution < -0.4 is 5.32 Å². The van der Waals surface area contributed by atoms with Gasteiger partial charge in [-0.3, -0.25) is 4.79 Å². The maximum absolute atomic E-state index is 12.6. The number of carbonyl (C=O) groups excluding carboxylic acids is 3. The molecule has 0 bridgehead atoms. The molecule has 0 spiro atoms. The van der Waals surface area contributed by atoms with E-state index < -0.39 is 24.1 Å². The fourth-order valence-electron chi connectivity index (χ4n) is 2.94. The number of esters is 2. The Bertz CT molecular complexity index is 897. The van der Waals surface area contributed by atoms with Crippen LogP contribution in [0.15, 0.2) is 60.7 Å². The molecule has 0 saturated carbocycles. The minimum Gasteiger partial charge on any atom is -0.465 e. The van der Waals surface area contributed by atoms with E-state index in [1.165, 1.54) is 0 Å². The molecular formula is C24H27NO7. The van der Waals surface area contributed by atoms with Crippen molar-refractivity contribution in [3.05, 3.63) is 71.8 Å². The lowest BCUT2D eigenvalue weighted by Crippen LogP contribution is -2.46. The maximum Gasteiger partial charge on any atom is 0.408 e. The van der Waals surface area contributed by atoms with Crippen molar-refractivity contribution in [2.45, 2.75) is 32.6 Å². The zero-order valence-electron chi connectivity index (χ0n) is 18.0. The zero-order chi connectivity index (χ0) is 22.8. The molecule has 32 heavy (non-hydrogen) atoms. The first kappa shape index (κ1) is 23.3. The second kappa shape index (κ2) is 11.3. The first-order valence-corrected chi connectivity index (χ1v) is 10.3. The van der Waals surface area contributed by atoms with Crippen molar-refractivity contribution in [2.75, 3.05) is 19.8 Å². The second-order valence-electron chi connectivity index (χ2n) is 8.02. The average molecular weight is 441 g/mol. The number of hydrogen-bond donors (Lipinski definition) is 1. The fourth-order valence-corrected chi connectivity index (χ4v) is 2.94. The molecular weight excluding hydrogens is 414 g/mol. The number of nitrogens with one attached hydrogen (secondary N) is 1. The average Bonchev–Trinajstić information content (AvgIpc) is 2.79. The molecule has 1 heterocycles. The summed E-state index contributed by atoms with van der Waals surface area (Å²) in [5.41, 5.74) is 1.36. The second-order valence-corrected chi connectivity index (χ2v) is 8.02. The van der Waals surface area contributed by atoms with Crippen molar-refractivity contribution in [1.29, 1.82) is 0 Å². The van der Waals surface area contributed by atoms with Crippen molar-refractivity contribution in [3.63, 3.8) is 0 Å². The molecule has 8 nitrogen and oxygen atoms in total. The SMILES string of the molecule is CC1(COC(=O)C[C@H](NC(=O)OCc2ccccc2)C(=O)OCc2ccccc2)COC1. The normalized spacial score (nSPS) is 15.0. The number of benzene rings is 2. The lowest BCUT2D eigenvalue weighted by atomic mass is 9.90. The van der Waals surface area contributed by atoms with Crippen molar-refractivity contribution >= 4 is 18.0 Å². The Labute approximate surface area is 186 Å². The summed E-state index contributed by atoms with van der Waals surface area (Å²) < 4.78 is 20.9. The molecule has 0 aromatic heterocycles. The van der Waals surface area contributed by atoms with Gasteiger partial charge in [-0.2, -0.15) is 0 Å². The van der Waals surface area contributed by atoms with Crippen molar-refractivity contribution in [1.82, 2.24) is 5.32 Å². The fraction of sp³-hybridized carbons (Fsp3) is 0.375. The summed E-state index contributed by atoms with van der Waals surface area (Å²) in [4.78, 5) is 37.2. The predicted molar refractivity (Wildman–Crippen MR) is 114 cm³/mol. The van der Waals surface area contributed by atoms with Crippen LogP contribution in [0.2, 0.25) is 0 Å². The van der Waals surface area contributed by atoms with Gasteiger partial charge in [-0.15, -0.1) is 0 Å². The zero-order valence-corrected chi connectivity index (χ0v) is 18.0. The van der Waals surface area contributed by atoms with Gasteiger partial charge in [0.05, 0.1) is 19.6 Å². The lowest BCUT2D eigenvalue weighted by Gasteiger charge is -2.37. The standard InChI is InChI=1S/C24H27NO7/c1-24(15-29-16-24)17-32-21(26)12-20(22(27)30-13-18-8-4-2-5-9-18)25-23(28)31-14-19-10-6-3-7-11-19/h2-11,20H,12-17H2,1H3,(H,25,28)/t20-/m0/s1. The van der Waals surface area contributed by atoms with Gasteiger partial charge in [-0.1, -0.05) is 67.6 Å². The molecule has 3 rings (SSSR count). The smallest absolute Gasteiger partial charge is 0.408 e. The third-order valence-electron chi connectivity index (χ3n) is 4.87. The van der Waals surface area contributed by atoms with Crippen LogP contribution in [0.4, 0.5) is 4.79 Å². The number of carbonyl (C=O) groups is 3. The number of ether oxygens (including phenoxy) is 4. The van der Waals surface area contributed by atoms with E-state index in [4.69, 9.17) is 18.9 Å². The molecule has 1 aliphatic rings. The number of hydrogen-bond acceptors (Lipinski definition) is 7. The van der Waals surface area contributed by atoms with Gasteiger partial charge in [-0.05, 0) is 11.1 Å². The van der Waals surface area contributed by atoms with Gasteiger partial charge >= 0.3 is 18.0 Å². The van der Waals surface area contributed by atoms with Crippen molar-refractivity contribution in [3.8, 4) is 0 Å². The summed E-state index contributed by atoms with van der Waals surface area (Å²) in [7, 11) is 0. The molecule has 1 atom stereocenters. The Balaban J connectivity index is 1.54. The van der Waals surface area contributed by atoms with Crippen LogP contribution in [0, 0.1) is 5.41 Å². The summed E-state index contributed by atoms with van der Waals surface area (Å²) in [5, 5.41) is 2.42. The van der Waals surface area contributed by atoms with Crippen LogP contribution >= 0.6 is 0 Å². The highest BCUT2D eigenvalue weighted by molar-refractivity contribution is 5.86. The van der Waals surface area contributed by atoms with E-state index in [1.807, 2.05) is 43.3 Å². The molecule has 8 heteroatoms. The third kappa shape index (κ3) is 7.39. The van der Waals surface area contributed by atoms with Crippen molar-refractivity contribution < 1.29 is 33.3 Å². The van der Waals surface area contributed by atoms with Crippen LogP contribution in [0.25, 0.3) is 0 Å². The van der Waals surface area contributed by atoms with Gasteiger partial charge in [0, 0.05) is 5.41 Å². The van der Waals surface area contributed by atoms with Crippen molar-refractivity contribution in [2.24, 2.45) is 5.41 Å². The van der Waals surface area contributed by atoms with E-state index in [9.17, 15) is 14.4 Å². The van der Waals surface area contributed by atoms with E-state index in [1.54, 1.807) is 24.3 Å². The quantitative estimate of drug-likeness (QED) is 0.447. The molecule has 1 amide bonds. The minimum atomic E-state index is -1.24. The summed E-state index contributed by atoms with van der Waals surface area (Å²) in [6, 6.07) is 17.0. The summed E-state index contributed by atoms with van der Waals surface area (Å²) in [6.07, 6.45) is -1.20. The molecule has 2 aromatic rings. The largest absolute Gasteiger partial charge is 0.465 e. The summed E-state index contributed by atoms with van der Waals surface area (Å²) in [5.74, 6) is -1.37. The lowest BCUT2D eigenvalue weighted by molar-refractivity contribution is -0.167. The highest BCUT2D eigenvalue weighted by Crippen LogP contribution is 2.26. The van der Waals surface area contributed by atoms with E-state index in [0.717, 1.165) is 11.1 Å². The molecule has 0 unspecified atom stereocenters. The Morgan fingerprint density at radius 1 is 0.906 bits per heavy atom. The monoisotopic (exact) mass is 441 g/mol. The molecule has 0 radical (unpaired) electrons. The van der Waals surface area contributed by atoms with E-state index in [2.05, 4.69) is 5.32 Å². The highest BCUT2D eigenvalue weighted by atomic mass is 16.6. The van der Waals surface area contributed by atoms with E-state index in [-0.39, 0.29) is 31.7 Å². The Morgan fingerprint density at radius 3 is 2.00 bits per heavy atom. The van der Waals surface area contributed by atoms with E-state index in [0.29, 0.717) is 13.2 Å². The topological polar surface area (TPSA) is 100 Å². The molecule has 170 valence electrons. The van der Waals surface area contributed by atoms with Crippen LogP contribution in [-0.4, -0.2) is 43.9 Å². The van der Waals surface area contributed by atoms with Crippen LogP contribution in [0.5, 0.6) is 0 Å². The summed E-state index contributed by atoms with van der Waals surface area (Å²) >= 11 is 0. The summed E-state index contributed by atoms with van der Waals surface area (Å²) in [6.45, 7) is 3.17. The molecule has 1 aliphatic heterocycles. The van der Waals surface area contributed by atoms with Gasteiger partial charge in [0.1, 0.15) is 25.9 Å². The van der Waals surface area contributed by atoms with Gasteiger partial charge in [0.2, 0.25) is 0 Å². The Morgan fingerprint density at radius 2 is 1.47 bits per heavy atom. The van der Waals surface area contributed by atoms with Gasteiger partial charge < -0.3 is 24.3 Å². The minimum absolute atomic E-state index is 0.0153. The number of rotatable bonds is 10. The van der Waals surface area contributed by atoms with E-state index >= 15 is 0 Å². The van der Waals surface area contributed by atoms with Gasteiger partial charge in [-0.25, -0.2) is 9.59 Å².